The Labute approximate surface area is 153 Å². The smallest absolute Gasteiger partial charge is 0.334 e. The molecular weight excluding hydrogens is 336 g/mol. The highest BCUT2D eigenvalue weighted by molar-refractivity contribution is 5.91. The van der Waals surface area contributed by atoms with Crippen LogP contribution in [-0.4, -0.2) is 47.1 Å². The summed E-state index contributed by atoms with van der Waals surface area (Å²) >= 11 is 0. The summed E-state index contributed by atoms with van der Waals surface area (Å²) < 4.78 is 10.5. The molecular formula is C20H26O6. The predicted molar refractivity (Wildman–Crippen MR) is 96.0 cm³/mol. The van der Waals surface area contributed by atoms with Crippen molar-refractivity contribution in [1.29, 1.82) is 0 Å². The summed E-state index contributed by atoms with van der Waals surface area (Å²) in [6, 6.07) is 0. The fourth-order valence-corrected chi connectivity index (χ4v) is 3.02. The number of ether oxygens (including phenoxy) is 2. The van der Waals surface area contributed by atoms with Crippen LogP contribution in [0.15, 0.2) is 47.1 Å². The van der Waals surface area contributed by atoms with Gasteiger partial charge in [0.25, 0.3) is 0 Å². The Morgan fingerprint density at radius 2 is 2.15 bits per heavy atom. The minimum Gasteiger partial charge on any atom is -0.458 e. The van der Waals surface area contributed by atoms with E-state index in [0.29, 0.717) is 23.1 Å². The van der Waals surface area contributed by atoms with Gasteiger partial charge in [-0.3, -0.25) is 0 Å². The molecule has 1 aliphatic carbocycles. The maximum Gasteiger partial charge on any atom is 0.334 e. The number of carbonyl (C=O) groups is 2. The van der Waals surface area contributed by atoms with Gasteiger partial charge in [-0.2, -0.15) is 0 Å². The van der Waals surface area contributed by atoms with Gasteiger partial charge in [-0.25, -0.2) is 9.59 Å². The molecule has 2 N–H and O–H groups in total. The van der Waals surface area contributed by atoms with Gasteiger partial charge in [0.1, 0.15) is 12.7 Å². The lowest BCUT2D eigenvalue weighted by molar-refractivity contribution is -0.139. The molecule has 1 fully saturated rings. The van der Waals surface area contributed by atoms with Gasteiger partial charge in [0, 0.05) is 11.1 Å². The van der Waals surface area contributed by atoms with E-state index in [2.05, 4.69) is 6.58 Å². The van der Waals surface area contributed by atoms with Gasteiger partial charge in [0.15, 0.2) is 0 Å². The summed E-state index contributed by atoms with van der Waals surface area (Å²) in [6.45, 7) is 8.90. The molecule has 142 valence electrons. The molecule has 6 heteroatoms. The standard InChI is InChI=1S/C20H26O6/c1-5-11(2)19(23)25-10-14-6-7-15(21)12(3)8-17-18(16(22)9-14)13(4)20(24)26-17/h5-6,8,15-18,21-22H,4,7,9-10H2,1-3H3/b11-5+,12-8+,14-6-/t15-,16+,17+,18+/m1/s1. The fourth-order valence-electron chi connectivity index (χ4n) is 3.02. The van der Waals surface area contributed by atoms with E-state index >= 15 is 0 Å². The van der Waals surface area contributed by atoms with E-state index in [9.17, 15) is 19.8 Å². The Hall–Kier alpha value is -2.18. The first-order valence-corrected chi connectivity index (χ1v) is 8.66. The molecule has 0 spiro atoms. The molecule has 26 heavy (non-hydrogen) atoms. The SMILES string of the molecule is C=C1C(=O)O[C@H]2/C=C(\C)[C@H](O)C/C=C(\COC(=O)/C(C)=C/C)C[C@H](O)[C@H]12. The minimum atomic E-state index is -0.911. The number of rotatable bonds is 3. The lowest BCUT2D eigenvalue weighted by Crippen LogP contribution is -2.30. The molecule has 0 unspecified atom stereocenters. The number of aliphatic hydroxyl groups is 2. The van der Waals surface area contributed by atoms with Gasteiger partial charge in [0.05, 0.1) is 18.1 Å². The van der Waals surface area contributed by atoms with Crippen molar-refractivity contribution >= 4 is 11.9 Å². The molecule has 2 rings (SSSR count). The number of hydrogen-bond acceptors (Lipinski definition) is 6. The van der Waals surface area contributed by atoms with Crippen LogP contribution < -0.4 is 0 Å². The van der Waals surface area contributed by atoms with Crippen LogP contribution >= 0.6 is 0 Å². The molecule has 0 amide bonds. The maximum absolute atomic E-state index is 11.9. The van der Waals surface area contributed by atoms with E-state index in [0.717, 1.165) is 0 Å². The summed E-state index contributed by atoms with van der Waals surface area (Å²) in [5, 5.41) is 20.9. The van der Waals surface area contributed by atoms with Gasteiger partial charge in [-0.1, -0.05) is 18.7 Å². The van der Waals surface area contributed by atoms with Crippen LogP contribution in [0, 0.1) is 5.92 Å². The molecule has 1 saturated heterocycles. The minimum absolute atomic E-state index is 0.00915. The van der Waals surface area contributed by atoms with Crippen molar-refractivity contribution in [3.05, 3.63) is 47.1 Å². The Morgan fingerprint density at radius 1 is 1.46 bits per heavy atom. The van der Waals surface area contributed by atoms with E-state index in [1.165, 1.54) is 0 Å². The first-order valence-electron chi connectivity index (χ1n) is 8.66. The molecule has 4 atom stereocenters. The second-order valence-electron chi connectivity index (χ2n) is 6.76. The number of hydrogen-bond donors (Lipinski definition) is 2. The van der Waals surface area contributed by atoms with Crippen molar-refractivity contribution in [1.82, 2.24) is 0 Å². The molecule has 0 radical (unpaired) electrons. The number of esters is 2. The average Bonchev–Trinajstić information content (AvgIpc) is 2.88. The van der Waals surface area contributed by atoms with Gasteiger partial charge in [-0.05, 0) is 50.8 Å². The number of fused-ring (bicyclic) bond motifs is 1. The number of aliphatic hydroxyl groups excluding tert-OH is 2. The summed E-state index contributed by atoms with van der Waals surface area (Å²) in [5.74, 6) is -1.57. The van der Waals surface area contributed by atoms with E-state index in [1.807, 2.05) is 0 Å². The zero-order valence-corrected chi connectivity index (χ0v) is 15.4. The molecule has 0 saturated carbocycles. The summed E-state index contributed by atoms with van der Waals surface area (Å²) in [7, 11) is 0. The molecule has 2 aliphatic rings. The third-order valence-electron chi connectivity index (χ3n) is 4.87. The number of carbonyl (C=O) groups excluding carboxylic acids is 2. The molecule has 0 bridgehead atoms. The predicted octanol–water partition coefficient (Wildman–Crippen LogP) is 1.98. The normalized spacial score (nSPS) is 34.1. The van der Waals surface area contributed by atoms with E-state index in [1.54, 1.807) is 39.0 Å². The average molecular weight is 362 g/mol. The third-order valence-corrected chi connectivity index (χ3v) is 4.87. The van der Waals surface area contributed by atoms with Crippen molar-refractivity contribution in [2.75, 3.05) is 6.61 Å². The zero-order chi connectivity index (χ0) is 19.4. The van der Waals surface area contributed by atoms with Crippen molar-refractivity contribution in [2.45, 2.75) is 51.9 Å². The van der Waals surface area contributed by atoms with Crippen molar-refractivity contribution < 1.29 is 29.3 Å². The maximum atomic E-state index is 11.9. The van der Waals surface area contributed by atoms with Crippen LogP contribution in [0.4, 0.5) is 0 Å². The van der Waals surface area contributed by atoms with Crippen molar-refractivity contribution in [3.63, 3.8) is 0 Å². The second-order valence-corrected chi connectivity index (χ2v) is 6.76. The Kier molecular flexibility index (Phi) is 6.56. The van der Waals surface area contributed by atoms with Gasteiger partial charge >= 0.3 is 11.9 Å². The fraction of sp³-hybridized carbons (Fsp3) is 0.500. The van der Waals surface area contributed by atoms with Gasteiger partial charge < -0.3 is 19.7 Å². The zero-order valence-electron chi connectivity index (χ0n) is 15.4. The highest BCUT2D eigenvalue weighted by Crippen LogP contribution is 2.34. The van der Waals surface area contributed by atoms with Crippen LogP contribution in [-0.2, 0) is 19.1 Å². The summed E-state index contributed by atoms with van der Waals surface area (Å²) in [5.41, 5.74) is 2.03. The van der Waals surface area contributed by atoms with Crippen molar-refractivity contribution in [3.8, 4) is 0 Å². The largest absolute Gasteiger partial charge is 0.458 e. The lowest BCUT2D eigenvalue weighted by Gasteiger charge is -2.25. The van der Waals surface area contributed by atoms with Crippen LogP contribution in [0.25, 0.3) is 0 Å². The molecule has 0 aromatic carbocycles. The highest BCUT2D eigenvalue weighted by Gasteiger charge is 2.42. The van der Waals surface area contributed by atoms with Gasteiger partial charge in [-0.15, -0.1) is 0 Å². The quantitative estimate of drug-likeness (QED) is 0.453. The summed E-state index contributed by atoms with van der Waals surface area (Å²) in [6.07, 6.45) is 3.29. The molecule has 1 aliphatic heterocycles. The molecule has 6 nitrogen and oxygen atoms in total. The van der Waals surface area contributed by atoms with Crippen LogP contribution in [0.5, 0.6) is 0 Å². The van der Waals surface area contributed by atoms with Crippen molar-refractivity contribution in [2.24, 2.45) is 5.92 Å². The van der Waals surface area contributed by atoms with Crippen LogP contribution in [0.1, 0.15) is 33.6 Å². The van der Waals surface area contributed by atoms with E-state index in [-0.39, 0.29) is 18.6 Å². The molecule has 0 aromatic heterocycles. The Balaban J connectivity index is 2.23. The molecule has 1 heterocycles. The van der Waals surface area contributed by atoms with E-state index < -0.39 is 36.2 Å². The summed E-state index contributed by atoms with van der Waals surface area (Å²) in [4.78, 5) is 23.7. The first kappa shape index (κ1) is 20.1. The third kappa shape index (κ3) is 4.51. The topological polar surface area (TPSA) is 93.1 Å². The highest BCUT2D eigenvalue weighted by atomic mass is 16.6. The Morgan fingerprint density at radius 3 is 2.81 bits per heavy atom. The monoisotopic (exact) mass is 362 g/mol. The second kappa shape index (κ2) is 8.47. The van der Waals surface area contributed by atoms with Crippen LogP contribution in [0.3, 0.4) is 0 Å². The number of allylic oxidation sites excluding steroid dienone is 1. The molecule has 0 aromatic rings. The van der Waals surface area contributed by atoms with Crippen LogP contribution in [0.2, 0.25) is 0 Å². The van der Waals surface area contributed by atoms with Gasteiger partial charge in [0.2, 0.25) is 0 Å². The first-order chi connectivity index (χ1) is 12.2. The Bertz CT molecular complexity index is 684. The lowest BCUT2D eigenvalue weighted by atomic mass is 9.85. The van der Waals surface area contributed by atoms with E-state index in [4.69, 9.17) is 9.47 Å².